The largest absolute Gasteiger partial charge is 0.302 e. The van der Waals surface area contributed by atoms with E-state index in [9.17, 15) is 19.2 Å². The van der Waals surface area contributed by atoms with Crippen molar-refractivity contribution in [3.63, 3.8) is 0 Å². The second-order valence-electron chi connectivity index (χ2n) is 4.59. The summed E-state index contributed by atoms with van der Waals surface area (Å²) >= 11 is 1.10. The van der Waals surface area contributed by atoms with Gasteiger partial charge in [-0.15, -0.1) is 0 Å². The standard InChI is InChI=1S/C13H14N4O4S/c1-7-12(8(2)18)22-13(14-7)15-9(19)5-6-17-11(21)4-3-10(20)16-17/h3-4H,5-6H2,1-2H3,(H,16,20)(H,14,15,19). The van der Waals surface area contributed by atoms with Crippen molar-refractivity contribution in [2.75, 3.05) is 5.32 Å². The molecule has 0 atom stereocenters. The molecule has 2 N–H and O–H groups in total. The van der Waals surface area contributed by atoms with Crippen molar-refractivity contribution in [3.05, 3.63) is 43.4 Å². The molecule has 1 amide bonds. The number of H-pyrrole nitrogens is 1. The van der Waals surface area contributed by atoms with Crippen molar-refractivity contribution in [2.45, 2.75) is 26.8 Å². The Morgan fingerprint density at radius 2 is 2.09 bits per heavy atom. The van der Waals surface area contributed by atoms with Gasteiger partial charge in [-0.2, -0.15) is 0 Å². The Bertz CT molecular complexity index is 833. The quantitative estimate of drug-likeness (QED) is 0.780. The van der Waals surface area contributed by atoms with E-state index >= 15 is 0 Å². The highest BCUT2D eigenvalue weighted by atomic mass is 32.1. The topological polar surface area (TPSA) is 114 Å². The molecule has 0 aliphatic rings. The first-order chi connectivity index (χ1) is 10.4. The third-order valence-corrected chi connectivity index (χ3v) is 3.99. The number of aryl methyl sites for hydroxylation is 2. The second kappa shape index (κ2) is 6.48. The number of nitrogens with zero attached hydrogens (tertiary/aromatic N) is 2. The van der Waals surface area contributed by atoms with Crippen molar-refractivity contribution in [2.24, 2.45) is 0 Å². The van der Waals surface area contributed by atoms with Crippen LogP contribution in [0.25, 0.3) is 0 Å². The van der Waals surface area contributed by atoms with Crippen LogP contribution in [-0.4, -0.2) is 26.5 Å². The third-order valence-electron chi connectivity index (χ3n) is 2.81. The lowest BCUT2D eigenvalue weighted by Gasteiger charge is -2.04. The Kier molecular flexibility index (Phi) is 4.66. The van der Waals surface area contributed by atoms with E-state index in [0.29, 0.717) is 15.7 Å². The molecule has 0 unspecified atom stereocenters. The van der Waals surface area contributed by atoms with E-state index in [-0.39, 0.29) is 24.7 Å². The fourth-order valence-corrected chi connectivity index (χ4v) is 2.68. The molecule has 2 rings (SSSR count). The first-order valence-electron chi connectivity index (χ1n) is 6.45. The lowest BCUT2D eigenvalue weighted by Crippen LogP contribution is -2.29. The van der Waals surface area contributed by atoms with E-state index in [0.717, 1.165) is 28.2 Å². The Balaban J connectivity index is 2.00. The molecule has 2 heterocycles. The lowest BCUT2D eigenvalue weighted by atomic mass is 10.3. The van der Waals surface area contributed by atoms with E-state index in [1.165, 1.54) is 6.92 Å². The normalized spacial score (nSPS) is 10.5. The van der Waals surface area contributed by atoms with Gasteiger partial charge < -0.3 is 5.32 Å². The average Bonchev–Trinajstić information content (AvgIpc) is 2.80. The second-order valence-corrected chi connectivity index (χ2v) is 5.59. The summed E-state index contributed by atoms with van der Waals surface area (Å²) in [7, 11) is 0. The maximum atomic E-state index is 11.8. The SMILES string of the molecule is CC(=O)c1sc(NC(=O)CCn2[nH]c(=O)ccc2=O)nc1C. The van der Waals surface area contributed by atoms with Crippen LogP contribution in [0.15, 0.2) is 21.7 Å². The summed E-state index contributed by atoms with van der Waals surface area (Å²) in [6.45, 7) is 3.17. The summed E-state index contributed by atoms with van der Waals surface area (Å²) in [5, 5.41) is 5.24. The highest BCUT2D eigenvalue weighted by molar-refractivity contribution is 7.17. The molecule has 2 aromatic rings. The van der Waals surface area contributed by atoms with Crippen LogP contribution in [0.3, 0.4) is 0 Å². The van der Waals surface area contributed by atoms with Gasteiger partial charge in [-0.1, -0.05) is 11.3 Å². The Labute approximate surface area is 128 Å². The molecular formula is C13H14N4O4S. The molecule has 0 bridgehead atoms. The number of aromatic amines is 1. The van der Waals surface area contributed by atoms with Crippen LogP contribution < -0.4 is 16.4 Å². The average molecular weight is 322 g/mol. The lowest BCUT2D eigenvalue weighted by molar-refractivity contribution is -0.116. The number of ketones is 1. The fourth-order valence-electron chi connectivity index (χ4n) is 1.80. The number of Topliss-reactive ketones (excluding diaryl/α,β-unsaturated/α-hetero) is 1. The molecule has 0 radical (unpaired) electrons. The fraction of sp³-hybridized carbons (Fsp3) is 0.308. The van der Waals surface area contributed by atoms with Gasteiger partial charge in [-0.05, 0) is 6.92 Å². The van der Waals surface area contributed by atoms with Crippen LogP contribution in [0.5, 0.6) is 0 Å². The molecular weight excluding hydrogens is 308 g/mol. The molecule has 0 aliphatic heterocycles. The molecule has 9 heteroatoms. The van der Waals surface area contributed by atoms with Crippen LogP contribution in [0.1, 0.15) is 28.7 Å². The molecule has 0 aromatic carbocycles. The minimum Gasteiger partial charge on any atom is -0.302 e. The summed E-state index contributed by atoms with van der Waals surface area (Å²) in [5.74, 6) is -0.468. The Morgan fingerprint density at radius 1 is 1.36 bits per heavy atom. The van der Waals surface area contributed by atoms with Gasteiger partial charge in [-0.3, -0.25) is 24.3 Å². The van der Waals surface area contributed by atoms with Crippen molar-refractivity contribution in [1.29, 1.82) is 0 Å². The Morgan fingerprint density at radius 3 is 2.73 bits per heavy atom. The number of amides is 1. The number of carbonyl (C=O) groups excluding carboxylic acids is 2. The summed E-state index contributed by atoms with van der Waals surface area (Å²) in [6, 6.07) is 2.26. The molecule has 0 fully saturated rings. The van der Waals surface area contributed by atoms with E-state index < -0.39 is 11.1 Å². The number of hydrogen-bond acceptors (Lipinski definition) is 6. The van der Waals surface area contributed by atoms with E-state index in [1.807, 2.05) is 0 Å². The van der Waals surface area contributed by atoms with Crippen molar-refractivity contribution < 1.29 is 9.59 Å². The number of rotatable bonds is 5. The van der Waals surface area contributed by atoms with E-state index in [2.05, 4.69) is 15.4 Å². The number of anilines is 1. The molecule has 0 spiro atoms. The van der Waals surface area contributed by atoms with Gasteiger partial charge in [0.05, 0.1) is 17.1 Å². The number of thiazole rings is 1. The minimum absolute atomic E-state index is 0.00606. The van der Waals surface area contributed by atoms with Crippen LogP contribution >= 0.6 is 11.3 Å². The molecule has 22 heavy (non-hydrogen) atoms. The monoisotopic (exact) mass is 322 g/mol. The zero-order valence-corrected chi connectivity index (χ0v) is 12.8. The van der Waals surface area contributed by atoms with Crippen LogP contribution in [-0.2, 0) is 11.3 Å². The van der Waals surface area contributed by atoms with Crippen molar-refractivity contribution in [3.8, 4) is 0 Å². The summed E-state index contributed by atoms with van der Waals surface area (Å²) < 4.78 is 1.07. The molecule has 2 aromatic heterocycles. The summed E-state index contributed by atoms with van der Waals surface area (Å²) in [4.78, 5) is 50.4. The van der Waals surface area contributed by atoms with Gasteiger partial charge >= 0.3 is 0 Å². The van der Waals surface area contributed by atoms with Crippen LogP contribution in [0.2, 0.25) is 0 Å². The maximum Gasteiger partial charge on any atom is 0.265 e. The van der Waals surface area contributed by atoms with Gasteiger partial charge in [-0.25, -0.2) is 9.67 Å². The first kappa shape index (κ1) is 15.8. The van der Waals surface area contributed by atoms with Gasteiger partial charge in [0.2, 0.25) is 5.91 Å². The molecule has 8 nitrogen and oxygen atoms in total. The smallest absolute Gasteiger partial charge is 0.265 e. The van der Waals surface area contributed by atoms with Gasteiger partial charge in [0.15, 0.2) is 10.9 Å². The zero-order chi connectivity index (χ0) is 16.3. The molecule has 116 valence electrons. The van der Waals surface area contributed by atoms with E-state index in [1.54, 1.807) is 6.92 Å². The summed E-state index contributed by atoms with van der Waals surface area (Å²) in [6.07, 6.45) is -0.00606. The van der Waals surface area contributed by atoms with Crippen molar-refractivity contribution >= 4 is 28.2 Å². The molecule has 0 saturated heterocycles. The number of nitrogens with one attached hydrogen (secondary N) is 2. The molecule has 0 aliphatic carbocycles. The van der Waals surface area contributed by atoms with Gasteiger partial charge in [0.25, 0.3) is 11.1 Å². The maximum absolute atomic E-state index is 11.8. The number of hydrogen-bond donors (Lipinski definition) is 2. The molecule has 0 saturated carbocycles. The third kappa shape index (κ3) is 3.76. The van der Waals surface area contributed by atoms with Crippen LogP contribution in [0, 0.1) is 6.92 Å². The summed E-state index contributed by atoms with van der Waals surface area (Å²) in [5.41, 5.74) is -0.241. The zero-order valence-electron chi connectivity index (χ0n) is 12.0. The van der Waals surface area contributed by atoms with E-state index in [4.69, 9.17) is 0 Å². The van der Waals surface area contributed by atoms with Crippen molar-refractivity contribution in [1.82, 2.24) is 14.8 Å². The predicted molar refractivity (Wildman–Crippen MR) is 81.4 cm³/mol. The highest BCUT2D eigenvalue weighted by Crippen LogP contribution is 2.22. The van der Waals surface area contributed by atoms with Crippen LogP contribution in [0.4, 0.5) is 5.13 Å². The highest BCUT2D eigenvalue weighted by Gasteiger charge is 2.13. The van der Waals surface area contributed by atoms with Gasteiger partial charge in [0, 0.05) is 25.5 Å². The predicted octanol–water partition coefficient (Wildman–Crippen LogP) is 0.533. The first-order valence-corrected chi connectivity index (χ1v) is 7.27. The minimum atomic E-state index is -0.415. The number of carbonyl (C=O) groups is 2. The number of aromatic nitrogens is 3. The Hall–Kier alpha value is -2.55. The van der Waals surface area contributed by atoms with Gasteiger partial charge in [0.1, 0.15) is 0 Å².